The third-order valence-corrected chi connectivity index (χ3v) is 1.46. The lowest BCUT2D eigenvalue weighted by Gasteiger charge is -2.07. The van der Waals surface area contributed by atoms with Crippen molar-refractivity contribution in [2.75, 3.05) is 11.0 Å². The summed E-state index contributed by atoms with van der Waals surface area (Å²) >= 11 is 2.32. The molecule has 1 atom stereocenters. The largest absolute Gasteiger partial charge is 0.378 e. The van der Waals surface area contributed by atoms with E-state index in [1.165, 1.54) is 0 Å². The number of ether oxygens (including phenoxy) is 1. The van der Waals surface area contributed by atoms with E-state index in [1.807, 2.05) is 6.92 Å². The Morgan fingerprint density at radius 1 is 1.75 bits per heavy atom. The minimum absolute atomic E-state index is 0.205. The molecule has 0 saturated heterocycles. The topological polar surface area (TPSA) is 9.23 Å². The van der Waals surface area contributed by atoms with E-state index >= 15 is 0 Å². The van der Waals surface area contributed by atoms with Gasteiger partial charge in [0.2, 0.25) is 0 Å². The first-order valence-corrected chi connectivity index (χ1v) is 4.34. The number of halogens is 1. The standard InChI is InChI=1S/C6H12IO/c1-3-8-6(2)4-5-7/h6H,2-5H2,1H3. The summed E-state index contributed by atoms with van der Waals surface area (Å²) in [5, 5.41) is 0. The summed E-state index contributed by atoms with van der Waals surface area (Å²) in [4.78, 5) is 0. The van der Waals surface area contributed by atoms with Gasteiger partial charge in [-0.05, 0) is 20.3 Å². The van der Waals surface area contributed by atoms with Gasteiger partial charge in [0.1, 0.15) is 0 Å². The maximum absolute atomic E-state index is 5.17. The Bertz CT molecular complexity index is 41.8. The highest BCUT2D eigenvalue weighted by Gasteiger charge is 1.96. The molecule has 0 aromatic heterocycles. The zero-order chi connectivity index (χ0) is 6.41. The summed E-state index contributed by atoms with van der Waals surface area (Å²) in [5.41, 5.74) is 0. The summed E-state index contributed by atoms with van der Waals surface area (Å²) < 4.78 is 6.30. The Labute approximate surface area is 64.9 Å². The van der Waals surface area contributed by atoms with Crippen LogP contribution in [0.4, 0.5) is 0 Å². The van der Waals surface area contributed by atoms with Gasteiger partial charge < -0.3 is 4.74 Å². The fourth-order valence-corrected chi connectivity index (χ4v) is 1.14. The van der Waals surface area contributed by atoms with Crippen molar-refractivity contribution in [1.29, 1.82) is 0 Å². The summed E-state index contributed by atoms with van der Waals surface area (Å²) in [6.45, 7) is 6.56. The minimum Gasteiger partial charge on any atom is -0.378 e. The van der Waals surface area contributed by atoms with Gasteiger partial charge in [-0.25, -0.2) is 0 Å². The third kappa shape index (κ3) is 4.84. The van der Waals surface area contributed by atoms with Crippen molar-refractivity contribution in [3.8, 4) is 0 Å². The van der Waals surface area contributed by atoms with Crippen molar-refractivity contribution < 1.29 is 4.74 Å². The first-order chi connectivity index (χ1) is 3.81. The molecule has 0 aliphatic rings. The molecule has 0 aliphatic heterocycles. The molecule has 0 N–H and O–H groups in total. The van der Waals surface area contributed by atoms with Crippen molar-refractivity contribution >= 4 is 22.6 Å². The van der Waals surface area contributed by atoms with Gasteiger partial charge in [0.25, 0.3) is 0 Å². The first-order valence-electron chi connectivity index (χ1n) is 2.82. The average molecular weight is 227 g/mol. The number of hydrogen-bond donors (Lipinski definition) is 0. The van der Waals surface area contributed by atoms with E-state index < -0.39 is 0 Å². The van der Waals surface area contributed by atoms with Crippen LogP contribution in [-0.2, 0) is 4.74 Å². The molecule has 0 saturated carbocycles. The molecule has 1 radical (unpaired) electrons. The fourth-order valence-electron chi connectivity index (χ4n) is 0.441. The second kappa shape index (κ2) is 5.82. The Hall–Kier alpha value is 0.690. The van der Waals surface area contributed by atoms with Crippen LogP contribution in [0.1, 0.15) is 13.3 Å². The van der Waals surface area contributed by atoms with Gasteiger partial charge in [-0.1, -0.05) is 22.6 Å². The lowest BCUT2D eigenvalue weighted by atomic mass is 10.3. The van der Waals surface area contributed by atoms with Gasteiger partial charge in [-0.2, -0.15) is 0 Å². The van der Waals surface area contributed by atoms with Gasteiger partial charge in [0, 0.05) is 11.0 Å². The third-order valence-electron chi connectivity index (χ3n) is 0.833. The molecular formula is C6H12IO. The number of alkyl halides is 1. The van der Waals surface area contributed by atoms with Gasteiger partial charge in [0.15, 0.2) is 0 Å². The van der Waals surface area contributed by atoms with E-state index in [9.17, 15) is 0 Å². The van der Waals surface area contributed by atoms with Gasteiger partial charge in [0.05, 0.1) is 6.10 Å². The number of rotatable bonds is 4. The van der Waals surface area contributed by atoms with Crippen LogP contribution in [0.3, 0.4) is 0 Å². The predicted molar refractivity (Wildman–Crippen MR) is 44.3 cm³/mol. The van der Waals surface area contributed by atoms with Gasteiger partial charge in [-0.15, -0.1) is 0 Å². The monoisotopic (exact) mass is 227 g/mol. The Morgan fingerprint density at radius 3 is 2.75 bits per heavy atom. The Morgan fingerprint density at radius 2 is 2.38 bits per heavy atom. The summed E-state index contributed by atoms with van der Waals surface area (Å²) in [5.74, 6) is 0. The van der Waals surface area contributed by atoms with Crippen molar-refractivity contribution in [2.45, 2.75) is 19.4 Å². The zero-order valence-electron chi connectivity index (χ0n) is 5.19. The van der Waals surface area contributed by atoms with Crippen LogP contribution in [0.25, 0.3) is 0 Å². The van der Waals surface area contributed by atoms with Gasteiger partial charge >= 0.3 is 0 Å². The lowest BCUT2D eigenvalue weighted by molar-refractivity contribution is 0.0932. The van der Waals surface area contributed by atoms with Crippen molar-refractivity contribution in [1.82, 2.24) is 0 Å². The molecule has 1 unspecified atom stereocenters. The van der Waals surface area contributed by atoms with Crippen LogP contribution >= 0.6 is 22.6 Å². The highest BCUT2D eigenvalue weighted by Crippen LogP contribution is 1.98. The smallest absolute Gasteiger partial charge is 0.0583 e. The van der Waals surface area contributed by atoms with Crippen LogP contribution in [0.5, 0.6) is 0 Å². The van der Waals surface area contributed by atoms with Crippen molar-refractivity contribution in [3.63, 3.8) is 0 Å². The molecule has 0 heterocycles. The summed E-state index contributed by atoms with van der Waals surface area (Å²) in [6.07, 6.45) is 1.27. The average Bonchev–Trinajstić information content (AvgIpc) is 1.68. The molecule has 0 aromatic carbocycles. The van der Waals surface area contributed by atoms with Crippen LogP contribution < -0.4 is 0 Å². The maximum Gasteiger partial charge on any atom is 0.0583 e. The lowest BCUT2D eigenvalue weighted by Crippen LogP contribution is -2.07. The van der Waals surface area contributed by atoms with Gasteiger partial charge in [-0.3, -0.25) is 0 Å². The molecule has 0 fully saturated rings. The van der Waals surface area contributed by atoms with Crippen LogP contribution in [0.2, 0.25) is 0 Å². The molecule has 2 heteroatoms. The Balaban J connectivity index is 2.92. The molecule has 8 heavy (non-hydrogen) atoms. The molecule has 0 rings (SSSR count). The molecule has 0 spiro atoms. The van der Waals surface area contributed by atoms with E-state index in [2.05, 4.69) is 29.5 Å². The molecule has 49 valence electrons. The van der Waals surface area contributed by atoms with E-state index in [0.717, 1.165) is 17.5 Å². The highest BCUT2D eigenvalue weighted by atomic mass is 127. The molecule has 1 nitrogen and oxygen atoms in total. The zero-order valence-corrected chi connectivity index (χ0v) is 7.35. The van der Waals surface area contributed by atoms with E-state index in [1.54, 1.807) is 0 Å². The summed E-state index contributed by atoms with van der Waals surface area (Å²) in [7, 11) is 0. The first kappa shape index (κ1) is 8.69. The second-order valence-corrected chi connectivity index (χ2v) is 2.63. The normalized spacial score (nSPS) is 13.9. The van der Waals surface area contributed by atoms with Crippen molar-refractivity contribution in [3.05, 3.63) is 6.92 Å². The molecule has 0 bridgehead atoms. The maximum atomic E-state index is 5.17. The van der Waals surface area contributed by atoms with E-state index in [0.29, 0.717) is 0 Å². The predicted octanol–water partition coefficient (Wildman–Crippen LogP) is 2.05. The van der Waals surface area contributed by atoms with Crippen LogP contribution in [-0.4, -0.2) is 17.1 Å². The highest BCUT2D eigenvalue weighted by molar-refractivity contribution is 14.1. The van der Waals surface area contributed by atoms with E-state index in [-0.39, 0.29) is 6.10 Å². The SMILES string of the molecule is [CH2]C(CCI)OCC. The van der Waals surface area contributed by atoms with Crippen LogP contribution in [0, 0.1) is 6.92 Å². The fraction of sp³-hybridized carbons (Fsp3) is 0.833. The quantitative estimate of drug-likeness (QED) is 0.527. The van der Waals surface area contributed by atoms with Crippen molar-refractivity contribution in [2.24, 2.45) is 0 Å². The molecule has 0 aliphatic carbocycles. The van der Waals surface area contributed by atoms with Crippen LogP contribution in [0.15, 0.2) is 0 Å². The number of hydrogen-bond acceptors (Lipinski definition) is 1. The molecular weight excluding hydrogens is 215 g/mol. The minimum atomic E-state index is 0.205. The molecule has 0 aromatic rings. The van der Waals surface area contributed by atoms with E-state index in [4.69, 9.17) is 4.74 Å². The molecule has 0 amide bonds. The second-order valence-electron chi connectivity index (χ2n) is 1.56. The summed E-state index contributed by atoms with van der Waals surface area (Å²) in [6, 6.07) is 0. The Kier molecular flexibility index (Phi) is 6.32.